The maximum absolute atomic E-state index is 13.7. The Morgan fingerprint density at radius 2 is 2.00 bits per heavy atom. The first kappa shape index (κ1) is 24.1. The van der Waals surface area contributed by atoms with Crippen LogP contribution in [0, 0.1) is 11.8 Å². The fourth-order valence-corrected chi connectivity index (χ4v) is 7.06. The second-order valence-electron chi connectivity index (χ2n) is 9.87. The molecule has 4 aliphatic rings. The van der Waals surface area contributed by atoms with Crippen molar-refractivity contribution in [1.82, 2.24) is 4.90 Å². The molecule has 0 radical (unpaired) electrons. The molecule has 1 aromatic carbocycles. The van der Waals surface area contributed by atoms with E-state index in [4.69, 9.17) is 4.74 Å². The molecule has 13 heteroatoms. The average Bonchev–Trinajstić information content (AvgIpc) is 3.35. The normalized spacial score (nSPS) is 29.1. The first-order chi connectivity index (χ1) is 16.4. The first-order valence-corrected chi connectivity index (χ1v) is 14.8. The van der Waals surface area contributed by atoms with Gasteiger partial charge in [-0.1, -0.05) is 13.8 Å². The molecule has 4 heterocycles. The summed E-state index contributed by atoms with van der Waals surface area (Å²) in [6.07, 6.45) is 2.87. The molecule has 5 rings (SSSR count). The summed E-state index contributed by atoms with van der Waals surface area (Å²) >= 11 is 0. The van der Waals surface area contributed by atoms with E-state index in [1.54, 1.807) is 4.90 Å². The van der Waals surface area contributed by atoms with Crippen LogP contribution in [0.15, 0.2) is 38.8 Å². The van der Waals surface area contributed by atoms with Gasteiger partial charge in [0.2, 0.25) is 10.0 Å². The third-order valence-electron chi connectivity index (χ3n) is 6.85. The van der Waals surface area contributed by atoms with Crippen LogP contribution < -0.4 is 10.0 Å². The molecule has 0 saturated carbocycles. The number of anilines is 2. The molecule has 0 spiro atoms. The Bertz CT molecular complexity index is 1370. The van der Waals surface area contributed by atoms with Crippen LogP contribution in [0.4, 0.5) is 11.4 Å². The molecular formula is C22H28N4O7S2. The molecular weight excluding hydrogens is 496 g/mol. The van der Waals surface area contributed by atoms with Crippen molar-refractivity contribution in [1.29, 1.82) is 0 Å². The Morgan fingerprint density at radius 1 is 1.29 bits per heavy atom. The molecule has 4 atom stereocenters. The molecule has 4 unspecified atom stereocenters. The lowest BCUT2D eigenvalue weighted by Gasteiger charge is -2.42. The average molecular weight is 525 g/mol. The Kier molecular flexibility index (Phi) is 5.64. The second-order valence-corrected chi connectivity index (χ2v) is 13.2. The molecule has 1 amide bonds. The Morgan fingerprint density at radius 3 is 2.69 bits per heavy atom. The number of rotatable bonds is 6. The van der Waals surface area contributed by atoms with E-state index in [2.05, 4.69) is 28.3 Å². The first-order valence-electron chi connectivity index (χ1n) is 11.5. The van der Waals surface area contributed by atoms with E-state index in [0.717, 1.165) is 31.6 Å². The summed E-state index contributed by atoms with van der Waals surface area (Å²) < 4.78 is 61.3. The largest absolute Gasteiger partial charge is 0.511 e. The van der Waals surface area contributed by atoms with Crippen molar-refractivity contribution < 1.29 is 31.5 Å². The van der Waals surface area contributed by atoms with Crippen molar-refractivity contribution in [2.24, 2.45) is 16.2 Å². The van der Waals surface area contributed by atoms with Crippen LogP contribution in [0.5, 0.6) is 0 Å². The van der Waals surface area contributed by atoms with E-state index in [1.807, 2.05) is 0 Å². The standard InChI is InChI=1S/C22H28N4O7S2/c1-11(2)8-9-26-19-15-7-6-14(33-15)17(19)20(27)18(22(26)28)21-23-13-5-4-12(24-34(3,29)30)10-16(13)35(31,32)25-21/h4-5,10-11,14-15,17,19,24,27H,6-9H2,1-3H3,(H,23,25). The maximum Gasteiger partial charge on any atom is 0.286 e. The SMILES string of the molecule is CC(C)CCN1C(=O)C(C2=NS(=O)(=O)c3cc(NS(C)(=O)=O)ccc3N2)=C(O)C2C3CCC(O3)C21. The second kappa shape index (κ2) is 8.20. The van der Waals surface area contributed by atoms with Gasteiger partial charge in [0.25, 0.3) is 15.9 Å². The summed E-state index contributed by atoms with van der Waals surface area (Å²) in [4.78, 5) is 15.1. The Balaban J connectivity index is 1.55. The van der Waals surface area contributed by atoms with Gasteiger partial charge in [0, 0.05) is 12.2 Å². The summed E-state index contributed by atoms with van der Waals surface area (Å²) in [6.45, 7) is 4.57. The van der Waals surface area contributed by atoms with Crippen LogP contribution in [0.3, 0.4) is 0 Å². The molecule has 3 N–H and O–H groups in total. The van der Waals surface area contributed by atoms with E-state index in [0.29, 0.717) is 12.5 Å². The zero-order valence-corrected chi connectivity index (χ0v) is 21.2. The number of hydrogen-bond donors (Lipinski definition) is 3. The number of fused-ring (bicyclic) bond motifs is 6. The predicted octanol–water partition coefficient (Wildman–Crippen LogP) is 1.82. The van der Waals surface area contributed by atoms with Crippen LogP contribution in [-0.4, -0.2) is 69.6 Å². The molecule has 35 heavy (non-hydrogen) atoms. The molecule has 190 valence electrons. The lowest BCUT2D eigenvalue weighted by molar-refractivity contribution is -0.132. The lowest BCUT2D eigenvalue weighted by atomic mass is 9.77. The zero-order valence-electron chi connectivity index (χ0n) is 19.6. The zero-order chi connectivity index (χ0) is 25.3. The highest BCUT2D eigenvalue weighted by Gasteiger charge is 2.58. The number of aliphatic hydroxyl groups is 1. The van der Waals surface area contributed by atoms with Crippen LogP contribution in [-0.2, 0) is 29.6 Å². The van der Waals surface area contributed by atoms with Gasteiger partial charge >= 0.3 is 0 Å². The van der Waals surface area contributed by atoms with Gasteiger partial charge in [0.15, 0.2) is 5.84 Å². The molecule has 0 aliphatic carbocycles. The number of sulfonamides is 2. The van der Waals surface area contributed by atoms with Crippen molar-refractivity contribution in [3.63, 3.8) is 0 Å². The molecule has 11 nitrogen and oxygen atoms in total. The number of carbonyl (C=O) groups excluding carboxylic acids is 1. The summed E-state index contributed by atoms with van der Waals surface area (Å²) in [7, 11) is -7.92. The van der Waals surface area contributed by atoms with E-state index in [1.165, 1.54) is 12.1 Å². The molecule has 0 aromatic heterocycles. The Hall–Kier alpha value is -2.64. The minimum Gasteiger partial charge on any atom is -0.511 e. The highest BCUT2D eigenvalue weighted by atomic mass is 32.2. The van der Waals surface area contributed by atoms with Crippen LogP contribution >= 0.6 is 0 Å². The monoisotopic (exact) mass is 524 g/mol. The highest BCUT2D eigenvalue weighted by Crippen LogP contribution is 2.48. The van der Waals surface area contributed by atoms with Gasteiger partial charge in [-0.2, -0.15) is 8.42 Å². The van der Waals surface area contributed by atoms with Gasteiger partial charge in [-0.15, -0.1) is 4.40 Å². The van der Waals surface area contributed by atoms with E-state index in [-0.39, 0.29) is 51.7 Å². The maximum atomic E-state index is 13.7. The number of carbonyl (C=O) groups is 1. The van der Waals surface area contributed by atoms with Gasteiger partial charge in [0.1, 0.15) is 16.2 Å². The smallest absolute Gasteiger partial charge is 0.286 e. The van der Waals surface area contributed by atoms with E-state index in [9.17, 15) is 26.7 Å². The van der Waals surface area contributed by atoms with Crippen molar-refractivity contribution in [3.8, 4) is 0 Å². The number of ether oxygens (including phenoxy) is 1. The molecule has 4 aliphatic heterocycles. The molecule has 2 fully saturated rings. The molecule has 1 aromatic rings. The van der Waals surface area contributed by atoms with Crippen molar-refractivity contribution >= 4 is 43.2 Å². The number of amides is 1. The topological polar surface area (TPSA) is 154 Å². The number of amidine groups is 1. The van der Waals surface area contributed by atoms with Gasteiger partial charge in [-0.05, 0) is 43.4 Å². The van der Waals surface area contributed by atoms with Crippen LogP contribution in [0.2, 0.25) is 0 Å². The number of benzene rings is 1. The summed E-state index contributed by atoms with van der Waals surface area (Å²) in [5, 5.41) is 14.1. The number of aliphatic hydroxyl groups excluding tert-OH is 1. The summed E-state index contributed by atoms with van der Waals surface area (Å²) in [6, 6.07) is 3.66. The van der Waals surface area contributed by atoms with E-state index >= 15 is 0 Å². The van der Waals surface area contributed by atoms with Gasteiger partial charge in [-0.3, -0.25) is 9.52 Å². The summed E-state index contributed by atoms with van der Waals surface area (Å²) in [5.41, 5.74) is 0.0221. The molecule has 2 bridgehead atoms. The van der Waals surface area contributed by atoms with Gasteiger partial charge in [-0.25, -0.2) is 8.42 Å². The predicted molar refractivity (Wildman–Crippen MR) is 129 cm³/mol. The lowest BCUT2D eigenvalue weighted by Crippen LogP contribution is -2.56. The number of nitrogens with one attached hydrogen (secondary N) is 2. The number of nitrogens with zero attached hydrogens (tertiary/aromatic N) is 2. The van der Waals surface area contributed by atoms with Crippen molar-refractivity contribution in [2.75, 3.05) is 22.8 Å². The third kappa shape index (κ3) is 4.19. The van der Waals surface area contributed by atoms with Crippen molar-refractivity contribution in [3.05, 3.63) is 29.5 Å². The number of hydrogen-bond acceptors (Lipinski definition) is 8. The van der Waals surface area contributed by atoms with Gasteiger partial charge in [0.05, 0.1) is 36.1 Å². The minimum atomic E-state index is -4.30. The Labute approximate surface area is 204 Å². The highest BCUT2D eigenvalue weighted by molar-refractivity contribution is 7.92. The minimum absolute atomic E-state index is 0.0629. The fourth-order valence-electron chi connectivity index (χ4n) is 5.36. The van der Waals surface area contributed by atoms with Gasteiger partial charge < -0.3 is 20.1 Å². The fraction of sp³-hybridized carbons (Fsp3) is 0.545. The van der Waals surface area contributed by atoms with Crippen molar-refractivity contribution in [2.45, 2.75) is 56.3 Å². The third-order valence-corrected chi connectivity index (χ3v) is 8.78. The van der Waals surface area contributed by atoms with Crippen LogP contribution in [0.25, 0.3) is 0 Å². The molecule has 2 saturated heterocycles. The summed E-state index contributed by atoms with van der Waals surface area (Å²) in [5.74, 6) is -1.03. The van der Waals surface area contributed by atoms with Crippen LogP contribution in [0.1, 0.15) is 33.1 Å². The van der Waals surface area contributed by atoms with E-state index < -0.39 is 31.9 Å². The quantitative estimate of drug-likeness (QED) is 0.509.